The summed E-state index contributed by atoms with van der Waals surface area (Å²) < 4.78 is 7.34. The molecule has 0 aliphatic carbocycles. The highest BCUT2D eigenvalue weighted by molar-refractivity contribution is 9.10. The Labute approximate surface area is 116 Å². The van der Waals surface area contributed by atoms with E-state index in [0.717, 1.165) is 24.0 Å². The van der Waals surface area contributed by atoms with Gasteiger partial charge in [-0.25, -0.2) is 0 Å². The molecule has 0 amide bonds. The van der Waals surface area contributed by atoms with E-state index in [0.29, 0.717) is 11.5 Å². The molecule has 1 saturated heterocycles. The van der Waals surface area contributed by atoms with Gasteiger partial charge in [0.15, 0.2) is 0 Å². The van der Waals surface area contributed by atoms with Crippen LogP contribution in [0.4, 0.5) is 0 Å². The van der Waals surface area contributed by atoms with E-state index in [1.165, 1.54) is 4.88 Å². The van der Waals surface area contributed by atoms with Crippen LogP contribution in [-0.2, 0) is 4.74 Å². The van der Waals surface area contributed by atoms with Gasteiger partial charge in [-0.2, -0.15) is 0 Å². The van der Waals surface area contributed by atoms with Crippen LogP contribution in [0.1, 0.15) is 38.2 Å². The number of halogens is 1. The van der Waals surface area contributed by atoms with E-state index in [9.17, 15) is 0 Å². The summed E-state index contributed by atoms with van der Waals surface area (Å²) in [6.45, 7) is 8.69. The number of ether oxygens (including phenoxy) is 1. The van der Waals surface area contributed by atoms with Gasteiger partial charge >= 0.3 is 0 Å². The number of thiophene rings is 1. The molecule has 1 aliphatic heterocycles. The lowest BCUT2D eigenvalue weighted by molar-refractivity contribution is -0.0536. The molecule has 96 valence electrons. The third-order valence-corrected chi connectivity index (χ3v) is 4.59. The summed E-state index contributed by atoms with van der Waals surface area (Å²) in [5, 5.41) is 5.60. The van der Waals surface area contributed by atoms with Crippen LogP contribution in [0.15, 0.2) is 15.9 Å². The Morgan fingerprint density at radius 2 is 2.24 bits per heavy atom. The lowest BCUT2D eigenvalue weighted by Crippen LogP contribution is -2.41. The predicted molar refractivity (Wildman–Crippen MR) is 76.6 cm³/mol. The zero-order valence-corrected chi connectivity index (χ0v) is 13.0. The minimum Gasteiger partial charge on any atom is -0.367 e. The summed E-state index contributed by atoms with van der Waals surface area (Å²) in [5.74, 6) is 0. The van der Waals surface area contributed by atoms with E-state index in [-0.39, 0.29) is 6.10 Å². The van der Waals surface area contributed by atoms with Crippen LogP contribution in [0.2, 0.25) is 0 Å². The van der Waals surface area contributed by atoms with Crippen molar-refractivity contribution in [2.75, 3.05) is 13.1 Å². The number of nitrogens with one attached hydrogen (secondary N) is 1. The molecule has 0 saturated carbocycles. The van der Waals surface area contributed by atoms with Crippen LogP contribution in [0, 0.1) is 5.41 Å². The lowest BCUT2D eigenvalue weighted by atomic mass is 9.88. The summed E-state index contributed by atoms with van der Waals surface area (Å²) in [5.41, 5.74) is 0.324. The maximum Gasteiger partial charge on any atom is 0.104 e. The zero-order chi connectivity index (χ0) is 12.5. The quantitative estimate of drug-likeness (QED) is 0.891. The topological polar surface area (TPSA) is 21.3 Å². The highest BCUT2D eigenvalue weighted by Crippen LogP contribution is 2.32. The summed E-state index contributed by atoms with van der Waals surface area (Å²) in [6.07, 6.45) is 1.64. The molecule has 1 fully saturated rings. The molecule has 0 radical (unpaired) electrons. The molecule has 4 heteroatoms. The Balaban J connectivity index is 1.97. The minimum absolute atomic E-state index is 0.215. The number of hydrogen-bond acceptors (Lipinski definition) is 3. The molecule has 17 heavy (non-hydrogen) atoms. The monoisotopic (exact) mass is 317 g/mol. The van der Waals surface area contributed by atoms with Crippen LogP contribution in [0.3, 0.4) is 0 Å². The van der Waals surface area contributed by atoms with Crippen molar-refractivity contribution in [3.05, 3.63) is 20.8 Å². The maximum atomic E-state index is 6.19. The third-order valence-electron chi connectivity index (χ3n) is 2.80. The van der Waals surface area contributed by atoms with Crippen molar-refractivity contribution >= 4 is 27.3 Å². The third kappa shape index (κ3) is 4.05. The highest BCUT2D eigenvalue weighted by Gasteiger charge is 2.27. The average Bonchev–Trinajstić information content (AvgIpc) is 2.63. The summed E-state index contributed by atoms with van der Waals surface area (Å²) in [6, 6.07) is 2.16. The second kappa shape index (κ2) is 5.39. The molecular formula is C13H20BrNOS. The summed E-state index contributed by atoms with van der Waals surface area (Å²) in [7, 11) is 0. The van der Waals surface area contributed by atoms with Gasteiger partial charge < -0.3 is 10.1 Å². The van der Waals surface area contributed by atoms with Crippen LogP contribution < -0.4 is 5.32 Å². The van der Waals surface area contributed by atoms with Crippen LogP contribution >= 0.6 is 27.3 Å². The zero-order valence-electron chi connectivity index (χ0n) is 10.6. The molecule has 2 unspecified atom stereocenters. The number of hydrogen-bond donors (Lipinski definition) is 1. The van der Waals surface area contributed by atoms with Gasteiger partial charge in [-0.15, -0.1) is 11.3 Å². The smallest absolute Gasteiger partial charge is 0.104 e. The molecular weight excluding hydrogens is 298 g/mol. The van der Waals surface area contributed by atoms with Gasteiger partial charge in [-0.05, 0) is 33.8 Å². The Kier molecular flexibility index (Phi) is 4.29. The molecule has 0 spiro atoms. The summed E-state index contributed by atoms with van der Waals surface area (Å²) in [4.78, 5) is 1.31. The molecule has 2 nitrogen and oxygen atoms in total. The molecule has 0 aromatic carbocycles. The molecule has 1 aromatic rings. The number of morpholine rings is 1. The predicted octanol–water partition coefficient (Wildman–Crippen LogP) is 3.98. The molecule has 2 rings (SSSR count). The molecule has 2 heterocycles. The van der Waals surface area contributed by atoms with Crippen LogP contribution in [0.25, 0.3) is 0 Å². The van der Waals surface area contributed by atoms with Crippen LogP contribution in [0.5, 0.6) is 0 Å². The molecule has 1 aromatic heterocycles. The Morgan fingerprint density at radius 1 is 1.47 bits per heavy atom. The van der Waals surface area contributed by atoms with E-state index in [1.807, 2.05) is 0 Å². The average molecular weight is 318 g/mol. The van der Waals surface area contributed by atoms with Crippen molar-refractivity contribution in [3.8, 4) is 0 Å². The Bertz CT molecular complexity index is 372. The van der Waals surface area contributed by atoms with Gasteiger partial charge in [0.1, 0.15) is 6.10 Å². The summed E-state index contributed by atoms with van der Waals surface area (Å²) >= 11 is 5.26. The second-order valence-electron chi connectivity index (χ2n) is 5.84. The minimum atomic E-state index is 0.215. The second-order valence-corrected chi connectivity index (χ2v) is 7.70. The molecule has 1 aliphatic rings. The van der Waals surface area contributed by atoms with Crippen molar-refractivity contribution in [1.29, 1.82) is 0 Å². The largest absolute Gasteiger partial charge is 0.367 e. The fourth-order valence-corrected chi connectivity index (χ4v) is 3.65. The normalized spacial score (nSPS) is 26.1. The van der Waals surface area contributed by atoms with Crippen molar-refractivity contribution in [3.63, 3.8) is 0 Å². The van der Waals surface area contributed by atoms with Gasteiger partial charge in [0.2, 0.25) is 0 Å². The van der Waals surface area contributed by atoms with Crippen LogP contribution in [-0.4, -0.2) is 19.2 Å². The standard InChI is InChI=1S/C13H20BrNOS/c1-13(2,3)5-10-6-15-7-11(16-10)12-4-9(14)8-17-12/h4,8,10-11,15H,5-7H2,1-3H3. The van der Waals surface area contributed by atoms with E-state index >= 15 is 0 Å². The van der Waals surface area contributed by atoms with Crippen molar-refractivity contribution in [1.82, 2.24) is 5.32 Å². The van der Waals surface area contributed by atoms with E-state index < -0.39 is 0 Å². The van der Waals surface area contributed by atoms with E-state index in [1.54, 1.807) is 11.3 Å². The maximum absolute atomic E-state index is 6.19. The van der Waals surface area contributed by atoms with Gasteiger partial charge in [-0.1, -0.05) is 20.8 Å². The van der Waals surface area contributed by atoms with Crippen molar-refractivity contribution < 1.29 is 4.74 Å². The SMILES string of the molecule is CC(C)(C)CC1CNCC(c2cc(Br)cs2)O1. The fraction of sp³-hybridized carbons (Fsp3) is 0.692. The fourth-order valence-electron chi connectivity index (χ4n) is 2.17. The first-order valence-corrected chi connectivity index (χ1v) is 7.71. The van der Waals surface area contributed by atoms with Gasteiger partial charge in [0, 0.05) is 27.8 Å². The lowest BCUT2D eigenvalue weighted by Gasteiger charge is -2.34. The van der Waals surface area contributed by atoms with Gasteiger partial charge in [0.25, 0.3) is 0 Å². The molecule has 1 N–H and O–H groups in total. The molecule has 2 atom stereocenters. The van der Waals surface area contributed by atoms with Crippen molar-refractivity contribution in [2.45, 2.75) is 39.4 Å². The highest BCUT2D eigenvalue weighted by atomic mass is 79.9. The first-order valence-electron chi connectivity index (χ1n) is 6.04. The van der Waals surface area contributed by atoms with E-state index in [2.05, 4.69) is 53.5 Å². The van der Waals surface area contributed by atoms with Gasteiger partial charge in [0.05, 0.1) is 6.10 Å². The number of rotatable bonds is 2. The first-order chi connectivity index (χ1) is 7.94. The van der Waals surface area contributed by atoms with E-state index in [4.69, 9.17) is 4.74 Å². The molecule has 0 bridgehead atoms. The Morgan fingerprint density at radius 3 is 2.82 bits per heavy atom. The Hall–Kier alpha value is 0.1000. The van der Waals surface area contributed by atoms with Crippen molar-refractivity contribution in [2.24, 2.45) is 5.41 Å². The van der Waals surface area contributed by atoms with Gasteiger partial charge in [-0.3, -0.25) is 0 Å². The first kappa shape index (κ1) is 13.5.